The normalized spacial score (nSPS) is 12.1. The molecule has 0 heterocycles. The molecule has 15 rings (SSSR count). The van der Waals surface area contributed by atoms with Crippen LogP contribution in [0.25, 0.3) is 0 Å². The molecule has 0 saturated carbocycles. The Kier molecular flexibility index (Phi) is 23.5. The summed E-state index contributed by atoms with van der Waals surface area (Å²) in [4.78, 5) is 0. The van der Waals surface area contributed by atoms with Gasteiger partial charge in [0.25, 0.3) is 0 Å². The molecule has 0 N–H and O–H groups in total. The van der Waals surface area contributed by atoms with Crippen molar-refractivity contribution < 1.29 is 47.4 Å². The minimum absolute atomic E-state index is 0.499. The van der Waals surface area contributed by atoms with Crippen LogP contribution in [0.2, 0.25) is 0 Å². The molecule has 10 aliphatic carbocycles. The van der Waals surface area contributed by atoms with Crippen molar-refractivity contribution in [2.24, 2.45) is 0 Å². The van der Waals surface area contributed by atoms with Gasteiger partial charge in [0.05, 0.1) is 69.1 Å². The highest BCUT2D eigenvalue weighted by Gasteiger charge is 2.24. The Morgan fingerprint density at radius 3 is 0.563 bits per heavy atom. The fraction of sp³-hybridized carbons (Fsp3) is 0.474. The zero-order valence-electron chi connectivity index (χ0n) is 42.2. The molecule has 0 spiro atoms. The van der Waals surface area contributed by atoms with Crippen LogP contribution in [0.4, 0.5) is 0 Å². The van der Waals surface area contributed by atoms with Gasteiger partial charge in [-0.2, -0.15) is 0 Å². The van der Waals surface area contributed by atoms with Crippen molar-refractivity contribution in [1.82, 2.24) is 0 Å². The molecule has 0 saturated heterocycles. The Morgan fingerprint density at radius 2 is 0.408 bits per heavy atom. The number of ether oxygens (including phenoxy) is 10. The van der Waals surface area contributed by atoms with Gasteiger partial charge in [-0.1, -0.05) is 63.7 Å². The van der Waals surface area contributed by atoms with Crippen LogP contribution in [0.1, 0.15) is 107 Å². The van der Waals surface area contributed by atoms with Crippen molar-refractivity contribution in [2.45, 2.75) is 83.5 Å². The van der Waals surface area contributed by atoms with Gasteiger partial charge in [0.15, 0.2) is 0 Å². The fourth-order valence-electron chi connectivity index (χ4n) is 8.82. The quantitative estimate of drug-likeness (QED) is 0.0386. The van der Waals surface area contributed by atoms with Crippen LogP contribution >= 0.6 is 63.7 Å². The van der Waals surface area contributed by atoms with E-state index < -0.39 is 0 Å². The van der Waals surface area contributed by atoms with E-state index in [1.807, 2.05) is 0 Å². The number of halogens is 4. The minimum Gasteiger partial charge on any atom is -0.496 e. The molecule has 0 aromatic heterocycles. The van der Waals surface area contributed by atoms with Crippen LogP contribution in [-0.2, 0) is 32.1 Å². The average Bonchev–Trinajstić information content (AvgIpc) is 3.38. The van der Waals surface area contributed by atoms with Gasteiger partial charge in [0.1, 0.15) is 57.5 Å². The number of methoxy groups -OCH3 is 6. The molecule has 0 aliphatic heterocycles. The highest BCUT2D eigenvalue weighted by Crippen LogP contribution is 2.43. The summed E-state index contributed by atoms with van der Waals surface area (Å²) in [6.07, 6.45) is 10.1. The Labute approximate surface area is 455 Å². The zero-order valence-corrected chi connectivity index (χ0v) is 48.6. The first-order valence-electron chi connectivity index (χ1n) is 24.5. The first-order valence-corrected chi connectivity index (χ1v) is 29.0. The second-order valence-electron chi connectivity index (χ2n) is 17.4. The summed E-state index contributed by atoms with van der Waals surface area (Å²) in [5, 5.41) is 3.62. The number of benzene rings is 5. The molecule has 0 unspecified atom stereocenters. The van der Waals surface area contributed by atoms with Crippen molar-refractivity contribution in [3.63, 3.8) is 0 Å². The van der Waals surface area contributed by atoms with Gasteiger partial charge in [-0.3, -0.25) is 0 Å². The molecule has 5 aromatic rings. The number of hydrogen-bond acceptors (Lipinski definition) is 10. The Balaban J connectivity index is 1.64. The van der Waals surface area contributed by atoms with Crippen molar-refractivity contribution >= 4 is 63.7 Å². The van der Waals surface area contributed by atoms with Crippen LogP contribution in [0.3, 0.4) is 0 Å². The molecule has 0 amide bonds. The maximum atomic E-state index is 6.79. The summed E-state index contributed by atoms with van der Waals surface area (Å²) in [5.74, 6) is 7.56. The molecule has 71 heavy (non-hydrogen) atoms. The number of alkyl halides is 4. The van der Waals surface area contributed by atoms with Gasteiger partial charge in [-0.25, -0.2) is 0 Å². The highest BCUT2D eigenvalue weighted by molar-refractivity contribution is 9.09. The monoisotopic (exact) mass is 1230 g/mol. The molecule has 10 nitrogen and oxygen atoms in total. The predicted octanol–water partition coefficient (Wildman–Crippen LogP) is 14.2. The molecule has 0 atom stereocenters. The third-order valence-corrected chi connectivity index (χ3v) is 14.8. The number of unbranched alkanes of at least 4 members (excludes halogenated alkanes) is 4. The Hall–Kier alpha value is -3.98. The average molecular weight is 1230 g/mol. The van der Waals surface area contributed by atoms with Crippen LogP contribution in [0, 0.1) is 0 Å². The molecule has 386 valence electrons. The van der Waals surface area contributed by atoms with E-state index in [0.29, 0.717) is 58.5 Å². The maximum absolute atomic E-state index is 6.79. The summed E-state index contributed by atoms with van der Waals surface area (Å²) in [7, 11) is 10.2. The Bertz CT molecular complexity index is 2310. The van der Waals surface area contributed by atoms with E-state index in [-0.39, 0.29) is 0 Å². The third kappa shape index (κ3) is 15.5. The fourth-order valence-corrected chi connectivity index (χ4v) is 10.4. The van der Waals surface area contributed by atoms with Gasteiger partial charge < -0.3 is 47.4 Å². The second-order valence-corrected chi connectivity index (χ2v) is 20.6. The standard InChI is InChI=1S/C57H70Br4O10/c1-62-48-28-39-24-41-31-53(67-6)43(33-51(41)65-4)26-45-35-57(71-22-14-10-18-61)47(37-55(45)69-20-12-8-16-59)27-46-36-54(68-19-11-7-15-58)44(34-56(46)70-21-13-9-17-60)25-42-32-50(64-3)40(30-52(42)66-5)23-38(48)29-49(39)63-2/h28-37H,7-27H2,1-6H3. The van der Waals surface area contributed by atoms with Crippen LogP contribution in [0.15, 0.2) is 60.7 Å². The molecule has 0 fully saturated rings. The molecular formula is C57H70Br4O10. The third-order valence-electron chi connectivity index (χ3n) is 12.6. The first kappa shape index (κ1) is 56.3. The molecule has 10 aliphatic rings. The molecule has 10 bridgehead atoms. The zero-order chi connectivity index (χ0) is 50.5. The summed E-state index contributed by atoms with van der Waals surface area (Å²) >= 11 is 14.5. The van der Waals surface area contributed by atoms with Crippen molar-refractivity contribution in [1.29, 1.82) is 0 Å². The summed E-state index contributed by atoms with van der Waals surface area (Å²) < 4.78 is 64.0. The summed E-state index contributed by atoms with van der Waals surface area (Å²) in [6, 6.07) is 21.1. The minimum atomic E-state index is 0.499. The Morgan fingerprint density at radius 1 is 0.254 bits per heavy atom. The lowest BCUT2D eigenvalue weighted by atomic mass is 9.94. The van der Waals surface area contributed by atoms with Crippen LogP contribution in [0.5, 0.6) is 57.5 Å². The molecule has 14 heteroatoms. The summed E-state index contributed by atoms with van der Waals surface area (Å²) in [6.45, 7) is 2.24. The number of hydrogen-bond donors (Lipinski definition) is 0. The molecular weight excluding hydrogens is 1160 g/mol. The van der Waals surface area contributed by atoms with E-state index in [2.05, 4.69) is 124 Å². The van der Waals surface area contributed by atoms with Gasteiger partial charge in [-0.05, 0) is 112 Å². The van der Waals surface area contributed by atoms with Gasteiger partial charge >= 0.3 is 0 Å². The van der Waals surface area contributed by atoms with E-state index in [1.54, 1.807) is 42.7 Å². The van der Waals surface area contributed by atoms with Gasteiger partial charge in [0, 0.05) is 109 Å². The van der Waals surface area contributed by atoms with Crippen molar-refractivity contribution in [3.8, 4) is 57.5 Å². The number of rotatable bonds is 26. The van der Waals surface area contributed by atoms with E-state index in [0.717, 1.165) is 186 Å². The van der Waals surface area contributed by atoms with Crippen LogP contribution in [-0.4, -0.2) is 90.4 Å². The maximum Gasteiger partial charge on any atom is 0.123 e. The lowest BCUT2D eigenvalue weighted by molar-refractivity contribution is 0.294. The van der Waals surface area contributed by atoms with E-state index in [1.165, 1.54) is 0 Å². The highest BCUT2D eigenvalue weighted by atomic mass is 79.9. The van der Waals surface area contributed by atoms with Gasteiger partial charge in [-0.15, -0.1) is 0 Å². The van der Waals surface area contributed by atoms with Crippen molar-refractivity contribution in [2.75, 3.05) is 90.4 Å². The smallest absolute Gasteiger partial charge is 0.123 e. The largest absolute Gasteiger partial charge is 0.496 e. The molecule has 0 radical (unpaired) electrons. The second kappa shape index (κ2) is 29.7. The van der Waals surface area contributed by atoms with E-state index in [9.17, 15) is 0 Å². The first-order chi connectivity index (χ1) is 34.7. The van der Waals surface area contributed by atoms with Crippen LogP contribution < -0.4 is 47.4 Å². The van der Waals surface area contributed by atoms with E-state index >= 15 is 0 Å². The summed E-state index contributed by atoms with van der Waals surface area (Å²) in [5.41, 5.74) is 9.61. The lowest BCUT2D eigenvalue weighted by Gasteiger charge is -2.22. The SMILES string of the molecule is COc1cc2c(OC)cc1Cc1cc(OC)c(cc1OC)Cc1cc(OCCCCBr)c(cc1OCCCCBr)Cc1cc(OCCCCBr)c(cc1OCCCCBr)Cc1cc(OC)c(cc1OC)C2. The predicted molar refractivity (Wildman–Crippen MR) is 300 cm³/mol. The molecule has 5 aromatic carbocycles. The van der Waals surface area contributed by atoms with Gasteiger partial charge in [0.2, 0.25) is 0 Å². The topological polar surface area (TPSA) is 92.3 Å². The van der Waals surface area contributed by atoms with Crippen molar-refractivity contribution in [3.05, 3.63) is 116 Å². The van der Waals surface area contributed by atoms with E-state index in [4.69, 9.17) is 47.4 Å². The lowest BCUT2D eigenvalue weighted by Crippen LogP contribution is -2.09.